The maximum atomic E-state index is 13.6. The minimum Gasteiger partial charge on any atom is -0.484 e. The van der Waals surface area contributed by atoms with Gasteiger partial charge < -0.3 is 14.9 Å². The highest BCUT2D eigenvalue weighted by molar-refractivity contribution is 9.10. The highest BCUT2D eigenvalue weighted by Crippen LogP contribution is 2.43. The van der Waals surface area contributed by atoms with Gasteiger partial charge in [-0.15, -0.1) is 11.3 Å². The number of anilines is 1. The van der Waals surface area contributed by atoms with Crippen molar-refractivity contribution in [2.45, 2.75) is 19.9 Å². The summed E-state index contributed by atoms with van der Waals surface area (Å²) in [4.78, 5) is 45.3. The summed E-state index contributed by atoms with van der Waals surface area (Å²) in [7, 11) is 0. The lowest BCUT2D eigenvalue weighted by atomic mass is 9.98. The van der Waals surface area contributed by atoms with Crippen LogP contribution in [0.2, 0.25) is 0 Å². The summed E-state index contributed by atoms with van der Waals surface area (Å²) in [6.07, 6.45) is 0. The second kappa shape index (κ2) is 8.37. The molecule has 0 spiro atoms. The van der Waals surface area contributed by atoms with Crippen LogP contribution >= 0.6 is 27.3 Å². The van der Waals surface area contributed by atoms with Crippen LogP contribution in [-0.2, 0) is 4.79 Å². The van der Waals surface area contributed by atoms with Gasteiger partial charge in [0.2, 0.25) is 5.76 Å². The number of hydrogen-bond donors (Lipinski definition) is 1. The Bertz CT molecular complexity index is 1510. The van der Waals surface area contributed by atoms with E-state index in [1.165, 1.54) is 16.2 Å². The predicted molar refractivity (Wildman–Crippen MR) is 132 cm³/mol. The zero-order valence-corrected chi connectivity index (χ0v) is 20.5. The van der Waals surface area contributed by atoms with E-state index in [0.717, 1.165) is 15.0 Å². The first kappa shape index (κ1) is 22.3. The third kappa shape index (κ3) is 3.68. The first-order valence-electron chi connectivity index (χ1n) is 10.3. The number of nitrogens with two attached hydrogens (primary N) is 1. The summed E-state index contributed by atoms with van der Waals surface area (Å²) in [6.45, 7) is 3.55. The lowest BCUT2D eigenvalue weighted by Crippen LogP contribution is -2.29. The van der Waals surface area contributed by atoms with Gasteiger partial charge in [-0.3, -0.25) is 19.3 Å². The topological polar surface area (TPSA) is 116 Å². The number of thiazole rings is 1. The van der Waals surface area contributed by atoms with E-state index < -0.39 is 17.9 Å². The number of fused-ring (bicyclic) bond motifs is 2. The van der Waals surface area contributed by atoms with Crippen LogP contribution in [0.25, 0.3) is 11.0 Å². The van der Waals surface area contributed by atoms with E-state index in [9.17, 15) is 14.4 Å². The number of halogens is 1. The number of benzene rings is 2. The second-order valence-electron chi connectivity index (χ2n) is 7.85. The van der Waals surface area contributed by atoms with Gasteiger partial charge in [-0.1, -0.05) is 28.1 Å². The summed E-state index contributed by atoms with van der Waals surface area (Å²) < 4.78 is 12.0. The number of aryl methyl sites for hydroxylation is 2. The Morgan fingerprint density at radius 3 is 2.59 bits per heavy atom. The Hall–Kier alpha value is -3.50. The SMILES string of the molecule is Cc1nc(N2C(=O)c3oc4ccc(Br)cc4c(=O)c3C2c2ccc(OCC(N)=O)cc2)sc1C. The van der Waals surface area contributed by atoms with E-state index >= 15 is 0 Å². The van der Waals surface area contributed by atoms with Crippen LogP contribution in [-0.4, -0.2) is 23.4 Å². The van der Waals surface area contributed by atoms with Gasteiger partial charge in [0.15, 0.2) is 17.2 Å². The minimum absolute atomic E-state index is 0.00406. The van der Waals surface area contributed by atoms with Crippen molar-refractivity contribution < 1.29 is 18.7 Å². The van der Waals surface area contributed by atoms with E-state index in [4.69, 9.17) is 14.9 Å². The molecular formula is C24H18BrN3O5S. The molecule has 1 atom stereocenters. The van der Waals surface area contributed by atoms with Crippen molar-refractivity contribution in [1.82, 2.24) is 4.98 Å². The number of amides is 2. The molecule has 4 aromatic rings. The molecule has 34 heavy (non-hydrogen) atoms. The molecule has 0 saturated carbocycles. The van der Waals surface area contributed by atoms with Crippen molar-refractivity contribution in [2.75, 3.05) is 11.5 Å². The van der Waals surface area contributed by atoms with Crippen molar-refractivity contribution in [3.05, 3.63) is 84.6 Å². The standard InChI is InChI=1S/C24H18BrN3O5S/c1-11-12(2)34-24(27-11)28-20(13-3-6-15(7-4-13)32-10-18(26)29)19-21(30)16-9-14(25)5-8-17(16)33-22(19)23(28)31/h3-9,20H,10H2,1-2H3,(H2,26,29). The van der Waals surface area contributed by atoms with Crippen LogP contribution in [0.3, 0.4) is 0 Å². The molecule has 0 fully saturated rings. The van der Waals surface area contributed by atoms with E-state index in [0.29, 0.717) is 27.4 Å². The summed E-state index contributed by atoms with van der Waals surface area (Å²) in [5.74, 6) is -0.570. The van der Waals surface area contributed by atoms with Crippen LogP contribution in [0.4, 0.5) is 5.13 Å². The zero-order valence-electron chi connectivity index (χ0n) is 18.1. The average molecular weight is 540 g/mol. The van der Waals surface area contributed by atoms with Gasteiger partial charge >= 0.3 is 0 Å². The van der Waals surface area contributed by atoms with E-state index in [1.807, 2.05) is 13.8 Å². The van der Waals surface area contributed by atoms with Crippen molar-refractivity contribution in [3.8, 4) is 5.75 Å². The van der Waals surface area contributed by atoms with Gasteiger partial charge in [-0.05, 0) is 49.7 Å². The predicted octanol–water partition coefficient (Wildman–Crippen LogP) is 4.24. The first-order chi connectivity index (χ1) is 16.2. The maximum Gasteiger partial charge on any atom is 0.297 e. The number of ether oxygens (including phenoxy) is 1. The molecule has 8 nitrogen and oxygen atoms in total. The number of hydrogen-bond acceptors (Lipinski definition) is 7. The molecule has 1 aliphatic rings. The molecule has 2 aromatic carbocycles. The van der Waals surface area contributed by atoms with Crippen LogP contribution in [0.5, 0.6) is 5.75 Å². The van der Waals surface area contributed by atoms with Gasteiger partial charge in [0, 0.05) is 9.35 Å². The molecule has 172 valence electrons. The molecule has 2 N–H and O–H groups in total. The van der Waals surface area contributed by atoms with E-state index in [2.05, 4.69) is 20.9 Å². The molecule has 2 amide bonds. The largest absolute Gasteiger partial charge is 0.484 e. The normalized spacial score (nSPS) is 15.1. The number of carbonyl (C=O) groups is 2. The third-order valence-corrected chi connectivity index (χ3v) is 7.20. The first-order valence-corrected chi connectivity index (χ1v) is 11.9. The molecule has 1 aliphatic heterocycles. The fraction of sp³-hybridized carbons (Fsp3) is 0.167. The van der Waals surface area contributed by atoms with Crippen LogP contribution in [0.1, 0.15) is 38.3 Å². The van der Waals surface area contributed by atoms with Gasteiger partial charge in [0.1, 0.15) is 11.3 Å². The smallest absolute Gasteiger partial charge is 0.297 e. The van der Waals surface area contributed by atoms with E-state index in [1.54, 1.807) is 42.5 Å². The molecule has 2 aromatic heterocycles. The average Bonchev–Trinajstić information content (AvgIpc) is 3.29. The van der Waals surface area contributed by atoms with Gasteiger partial charge in [-0.25, -0.2) is 4.98 Å². The van der Waals surface area contributed by atoms with Crippen molar-refractivity contribution in [1.29, 1.82) is 0 Å². The highest BCUT2D eigenvalue weighted by Gasteiger charge is 2.45. The fourth-order valence-corrected chi connectivity index (χ4v) is 5.21. The van der Waals surface area contributed by atoms with Crippen LogP contribution in [0, 0.1) is 13.8 Å². The van der Waals surface area contributed by atoms with Crippen LogP contribution < -0.4 is 20.8 Å². The Labute approximate surface area is 206 Å². The summed E-state index contributed by atoms with van der Waals surface area (Å²) in [5.41, 5.74) is 6.94. The highest BCUT2D eigenvalue weighted by atomic mass is 79.9. The van der Waals surface area contributed by atoms with Gasteiger partial charge in [-0.2, -0.15) is 0 Å². The Kier molecular flexibility index (Phi) is 5.49. The number of rotatable bonds is 5. The van der Waals surface area contributed by atoms with Crippen molar-refractivity contribution in [2.24, 2.45) is 5.73 Å². The maximum absolute atomic E-state index is 13.6. The van der Waals surface area contributed by atoms with Gasteiger partial charge in [0.25, 0.3) is 11.8 Å². The summed E-state index contributed by atoms with van der Waals surface area (Å²) >= 11 is 4.78. The lowest BCUT2D eigenvalue weighted by Gasteiger charge is -2.22. The Morgan fingerprint density at radius 1 is 1.21 bits per heavy atom. The van der Waals surface area contributed by atoms with Crippen molar-refractivity contribution >= 4 is 55.2 Å². The quantitative estimate of drug-likeness (QED) is 0.405. The molecule has 0 radical (unpaired) electrons. The summed E-state index contributed by atoms with van der Waals surface area (Å²) in [6, 6.07) is 11.2. The number of nitrogens with zero attached hydrogens (tertiary/aromatic N) is 2. The zero-order chi connectivity index (χ0) is 24.1. The fourth-order valence-electron chi connectivity index (χ4n) is 3.92. The molecule has 5 rings (SSSR count). The summed E-state index contributed by atoms with van der Waals surface area (Å²) in [5, 5.41) is 0.857. The molecule has 1 unspecified atom stereocenters. The molecular weight excluding hydrogens is 522 g/mol. The van der Waals surface area contributed by atoms with Crippen molar-refractivity contribution in [3.63, 3.8) is 0 Å². The molecule has 10 heteroatoms. The molecule has 0 aliphatic carbocycles. The van der Waals surface area contributed by atoms with Crippen LogP contribution in [0.15, 0.2) is 56.1 Å². The van der Waals surface area contributed by atoms with Gasteiger partial charge in [0.05, 0.1) is 22.7 Å². The number of aromatic nitrogens is 1. The second-order valence-corrected chi connectivity index (χ2v) is 9.95. The molecule has 0 saturated heterocycles. The number of primary amides is 1. The monoisotopic (exact) mass is 539 g/mol. The number of carbonyl (C=O) groups excluding carboxylic acids is 2. The molecule has 3 heterocycles. The lowest BCUT2D eigenvalue weighted by molar-refractivity contribution is -0.119. The minimum atomic E-state index is -0.739. The molecule has 0 bridgehead atoms. The van der Waals surface area contributed by atoms with E-state index in [-0.39, 0.29) is 23.4 Å². The third-order valence-electron chi connectivity index (χ3n) is 5.63. The Balaban J connectivity index is 1.70. The Morgan fingerprint density at radius 2 is 1.94 bits per heavy atom.